The molecule has 0 spiro atoms. The summed E-state index contributed by atoms with van der Waals surface area (Å²) in [6.07, 6.45) is 6.77. The number of carbonyl (C=O) groups excluding carboxylic acids is 1. The Morgan fingerprint density at radius 3 is 2.26 bits per heavy atom. The van der Waals surface area contributed by atoms with E-state index >= 15 is 0 Å². The van der Waals surface area contributed by atoms with Crippen LogP contribution in [-0.2, 0) is 4.57 Å². The molecule has 0 atom stereocenters. The van der Waals surface area contributed by atoms with Crippen LogP contribution < -0.4 is 15.4 Å². The Bertz CT molecular complexity index is 1130. The van der Waals surface area contributed by atoms with Crippen LogP contribution in [0.4, 0.5) is 5.69 Å². The Morgan fingerprint density at radius 2 is 1.53 bits per heavy atom. The fourth-order valence-electron chi connectivity index (χ4n) is 3.83. The molecule has 0 radical (unpaired) electrons. The van der Waals surface area contributed by atoms with E-state index < -0.39 is 13.5 Å². The van der Waals surface area contributed by atoms with Gasteiger partial charge in [0, 0.05) is 0 Å². The molecule has 3 rings (SSSR count). The van der Waals surface area contributed by atoms with Gasteiger partial charge >= 0.3 is 7.60 Å². The molecule has 0 fully saturated rings. The first-order valence-corrected chi connectivity index (χ1v) is 13.3. The van der Waals surface area contributed by atoms with Crippen LogP contribution in [0, 0.1) is 0 Å². The van der Waals surface area contributed by atoms with Crippen molar-refractivity contribution >= 4 is 24.5 Å². The molecule has 0 saturated carbocycles. The molecule has 3 N–H and O–H groups in total. The Morgan fingerprint density at radius 1 is 0.853 bits per heavy atom. The van der Waals surface area contributed by atoms with Crippen molar-refractivity contribution in [2.45, 2.75) is 45.4 Å². The van der Waals surface area contributed by atoms with Crippen LogP contribution in [-0.4, -0.2) is 22.3 Å². The third-order valence-corrected chi connectivity index (χ3v) is 6.58. The van der Waals surface area contributed by atoms with Gasteiger partial charge in [-0.3, -0.25) is 9.36 Å². The van der Waals surface area contributed by atoms with Crippen molar-refractivity contribution in [3.8, 4) is 16.9 Å². The first kappa shape index (κ1) is 25.7. The smallest absolute Gasteiger partial charge is 0.358 e. The zero-order valence-corrected chi connectivity index (χ0v) is 20.3. The summed E-state index contributed by atoms with van der Waals surface area (Å²) >= 11 is 0. The molecule has 0 aromatic heterocycles. The summed E-state index contributed by atoms with van der Waals surface area (Å²) in [5.41, 5.74) is 1.94. The van der Waals surface area contributed by atoms with Crippen molar-refractivity contribution in [3.63, 3.8) is 0 Å². The molecular weight excluding hydrogens is 449 g/mol. The van der Waals surface area contributed by atoms with Crippen LogP contribution in [0.1, 0.15) is 55.8 Å². The number of benzene rings is 3. The van der Waals surface area contributed by atoms with Crippen LogP contribution >= 0.6 is 7.60 Å². The van der Waals surface area contributed by atoms with Gasteiger partial charge < -0.3 is 19.8 Å². The van der Waals surface area contributed by atoms with E-state index in [-0.39, 0.29) is 11.0 Å². The zero-order chi connectivity index (χ0) is 24.4. The summed E-state index contributed by atoms with van der Waals surface area (Å²) < 4.78 is 18.0. The Hall–Kier alpha value is -2.92. The number of amides is 1. The molecule has 3 aromatic rings. The molecule has 0 aliphatic heterocycles. The standard InChI is InChI=1S/C27H32NO5P/c1-2-3-4-5-6-12-20-33-24-18-13-16-22(21-14-8-7-9-15-21)26(24)27(29)28-23-17-10-11-19-25(23)34(30,31)32/h7-11,13-19H,2-6,12,20H2,1H3,(H,28,29)(H2,30,31,32). The number of rotatable bonds is 12. The largest absolute Gasteiger partial charge is 0.493 e. The molecule has 0 bridgehead atoms. The van der Waals surface area contributed by atoms with E-state index in [9.17, 15) is 19.1 Å². The molecule has 0 saturated heterocycles. The van der Waals surface area contributed by atoms with Crippen LogP contribution in [0.25, 0.3) is 11.1 Å². The van der Waals surface area contributed by atoms with E-state index in [1.807, 2.05) is 42.5 Å². The number of nitrogens with one attached hydrogen (secondary N) is 1. The van der Waals surface area contributed by atoms with Gasteiger partial charge in [0.25, 0.3) is 5.91 Å². The van der Waals surface area contributed by atoms with Crippen LogP contribution in [0.3, 0.4) is 0 Å². The second-order valence-electron chi connectivity index (χ2n) is 8.18. The molecule has 0 aliphatic carbocycles. The summed E-state index contributed by atoms with van der Waals surface area (Å²) in [7, 11) is -4.56. The molecule has 6 nitrogen and oxygen atoms in total. The second kappa shape index (κ2) is 12.5. The van der Waals surface area contributed by atoms with E-state index in [1.165, 1.54) is 37.5 Å². The summed E-state index contributed by atoms with van der Waals surface area (Å²) in [4.78, 5) is 32.9. The third-order valence-electron chi connectivity index (χ3n) is 5.56. The highest BCUT2D eigenvalue weighted by molar-refractivity contribution is 7.60. The molecule has 3 aromatic carbocycles. The molecule has 1 amide bonds. The van der Waals surface area contributed by atoms with E-state index in [0.717, 1.165) is 24.8 Å². The lowest BCUT2D eigenvalue weighted by molar-refractivity contribution is 0.102. The van der Waals surface area contributed by atoms with Crippen molar-refractivity contribution < 1.29 is 23.9 Å². The monoisotopic (exact) mass is 481 g/mol. The second-order valence-corrected chi connectivity index (χ2v) is 9.75. The van der Waals surface area contributed by atoms with Gasteiger partial charge in [-0.05, 0) is 35.7 Å². The van der Waals surface area contributed by atoms with Crippen molar-refractivity contribution in [3.05, 3.63) is 78.4 Å². The van der Waals surface area contributed by atoms with Gasteiger partial charge in [0.1, 0.15) is 5.75 Å². The molecule has 34 heavy (non-hydrogen) atoms. The average molecular weight is 482 g/mol. The average Bonchev–Trinajstić information content (AvgIpc) is 2.83. The molecule has 0 aliphatic rings. The number of para-hydroxylation sites is 1. The topological polar surface area (TPSA) is 95.9 Å². The van der Waals surface area contributed by atoms with E-state index in [1.54, 1.807) is 12.1 Å². The minimum Gasteiger partial charge on any atom is -0.493 e. The number of carbonyl (C=O) groups is 1. The van der Waals surface area contributed by atoms with Crippen molar-refractivity contribution in [1.82, 2.24) is 0 Å². The lowest BCUT2D eigenvalue weighted by Gasteiger charge is -2.17. The minimum absolute atomic E-state index is 0.0746. The summed E-state index contributed by atoms with van der Waals surface area (Å²) in [6.45, 7) is 2.68. The fraction of sp³-hybridized carbons (Fsp3) is 0.296. The van der Waals surface area contributed by atoms with Crippen molar-refractivity contribution in [2.75, 3.05) is 11.9 Å². The van der Waals surface area contributed by atoms with E-state index in [4.69, 9.17) is 4.74 Å². The summed E-state index contributed by atoms with van der Waals surface area (Å²) in [5, 5.41) is 2.47. The normalized spacial score (nSPS) is 11.3. The molecule has 0 heterocycles. The first-order chi connectivity index (χ1) is 16.4. The van der Waals surface area contributed by atoms with E-state index in [0.29, 0.717) is 23.5 Å². The Labute approximate surface area is 201 Å². The Balaban J connectivity index is 1.88. The highest BCUT2D eigenvalue weighted by Gasteiger charge is 2.24. The SMILES string of the molecule is CCCCCCCCOc1cccc(-c2ccccc2)c1C(=O)Nc1ccccc1P(=O)(O)O. The maximum atomic E-state index is 13.5. The van der Waals surface area contributed by atoms with Crippen molar-refractivity contribution in [1.29, 1.82) is 0 Å². The summed E-state index contributed by atoms with van der Waals surface area (Å²) in [6, 6.07) is 20.9. The number of unbranched alkanes of at least 4 members (excludes halogenated alkanes) is 5. The van der Waals surface area contributed by atoms with Crippen LogP contribution in [0.2, 0.25) is 0 Å². The molecule has 7 heteroatoms. The van der Waals surface area contributed by atoms with Crippen LogP contribution in [0.5, 0.6) is 5.75 Å². The number of ether oxygens (including phenoxy) is 1. The Kier molecular flexibility index (Phi) is 9.46. The van der Waals surface area contributed by atoms with Crippen molar-refractivity contribution in [2.24, 2.45) is 0 Å². The fourth-order valence-corrected chi connectivity index (χ4v) is 4.55. The van der Waals surface area contributed by atoms with Gasteiger partial charge in [-0.15, -0.1) is 0 Å². The minimum atomic E-state index is -4.56. The van der Waals surface area contributed by atoms with Gasteiger partial charge in [-0.25, -0.2) is 0 Å². The molecule has 0 unspecified atom stereocenters. The lowest BCUT2D eigenvalue weighted by atomic mass is 9.98. The van der Waals surface area contributed by atoms with Gasteiger partial charge in [-0.1, -0.05) is 93.6 Å². The maximum absolute atomic E-state index is 13.5. The van der Waals surface area contributed by atoms with Gasteiger partial charge in [-0.2, -0.15) is 0 Å². The lowest BCUT2D eigenvalue weighted by Crippen LogP contribution is -2.20. The maximum Gasteiger partial charge on any atom is 0.358 e. The van der Waals surface area contributed by atoms with E-state index in [2.05, 4.69) is 12.2 Å². The van der Waals surface area contributed by atoms with Crippen LogP contribution in [0.15, 0.2) is 72.8 Å². The number of anilines is 1. The van der Waals surface area contributed by atoms with Gasteiger partial charge in [0.2, 0.25) is 0 Å². The predicted octanol–water partition coefficient (Wildman–Crippen LogP) is 6.15. The van der Waals surface area contributed by atoms with Gasteiger partial charge in [0.15, 0.2) is 0 Å². The zero-order valence-electron chi connectivity index (χ0n) is 19.4. The number of hydrogen-bond acceptors (Lipinski definition) is 3. The molecule has 180 valence electrons. The number of hydrogen-bond donors (Lipinski definition) is 3. The first-order valence-electron chi connectivity index (χ1n) is 11.7. The quantitative estimate of drug-likeness (QED) is 0.213. The predicted molar refractivity (Wildman–Crippen MR) is 137 cm³/mol. The highest BCUT2D eigenvalue weighted by Crippen LogP contribution is 2.37. The highest BCUT2D eigenvalue weighted by atomic mass is 31.2. The van der Waals surface area contributed by atoms with Gasteiger partial charge in [0.05, 0.1) is 23.2 Å². The third kappa shape index (κ3) is 7.04. The molecular formula is C27H32NO5P. The summed E-state index contributed by atoms with van der Waals surface area (Å²) in [5.74, 6) is -0.0422.